The minimum Gasteiger partial charge on any atom is -0.458 e. The molecule has 5 aliphatic rings. The van der Waals surface area contributed by atoms with E-state index < -0.39 is 68.7 Å². The molecule has 382 valence electrons. The highest BCUT2D eigenvalue weighted by molar-refractivity contribution is 6.83. The molecule has 70 heavy (non-hydrogen) atoms. The zero-order chi connectivity index (χ0) is 50.3. The van der Waals surface area contributed by atoms with E-state index in [2.05, 4.69) is 42.7 Å². The zero-order valence-corrected chi connectivity index (χ0v) is 42.7. The van der Waals surface area contributed by atoms with E-state index in [0.29, 0.717) is 74.2 Å². The van der Waals surface area contributed by atoms with E-state index in [-0.39, 0.29) is 61.4 Å². The predicted molar refractivity (Wildman–Crippen MR) is 265 cm³/mol. The number of aromatic nitrogens is 2. The minimum atomic E-state index is -1.88. The monoisotopic (exact) mass is 986 g/mol. The van der Waals surface area contributed by atoms with E-state index >= 15 is 0 Å². The first-order valence-corrected chi connectivity index (χ1v) is 28.4. The lowest BCUT2D eigenvalue weighted by Crippen LogP contribution is -2.51. The molecule has 16 heteroatoms. The number of nitrogens with zero attached hydrogens (tertiary/aromatic N) is 2. The van der Waals surface area contributed by atoms with Crippen molar-refractivity contribution in [2.75, 3.05) is 0 Å². The number of carbonyl (C=O) groups excluding carboxylic acids is 1. The van der Waals surface area contributed by atoms with Crippen LogP contribution in [0.5, 0.6) is 0 Å². The predicted octanol–water partition coefficient (Wildman–Crippen LogP) is 7.42. The summed E-state index contributed by atoms with van der Waals surface area (Å²) < 4.78 is 43.7. The molecule has 0 unspecified atom stereocenters. The summed E-state index contributed by atoms with van der Waals surface area (Å²) in [6.07, 6.45) is 14.1. The van der Waals surface area contributed by atoms with E-state index in [1.165, 1.54) is 12.3 Å². The van der Waals surface area contributed by atoms with E-state index in [0.717, 1.165) is 11.1 Å². The molecule has 15 nitrogen and oxygen atoms in total. The molecule has 8 bridgehead atoms. The quantitative estimate of drug-likeness (QED) is 0.0543. The number of hydrogen-bond donors (Lipinski definition) is 5. The average molecular weight is 987 g/mol. The zero-order valence-electron chi connectivity index (χ0n) is 41.7. The highest BCUT2D eigenvalue weighted by atomic mass is 28.3. The maximum Gasteiger partial charge on any atom is 0.330 e. The second-order valence-electron chi connectivity index (χ2n) is 21.3. The molecule has 0 amide bonds. The van der Waals surface area contributed by atoms with Crippen LogP contribution in [0.1, 0.15) is 121 Å². The van der Waals surface area contributed by atoms with E-state index in [1.54, 1.807) is 43.6 Å². The summed E-state index contributed by atoms with van der Waals surface area (Å²) in [6.45, 7) is 18.4. The molecule has 7 heterocycles. The van der Waals surface area contributed by atoms with Gasteiger partial charge in [0.05, 0.1) is 67.5 Å². The van der Waals surface area contributed by atoms with Gasteiger partial charge >= 0.3 is 5.97 Å². The molecule has 2 aromatic heterocycles. The lowest BCUT2D eigenvalue weighted by molar-refractivity contribution is -0.283. The first-order chi connectivity index (χ1) is 33.2. The van der Waals surface area contributed by atoms with E-state index in [9.17, 15) is 30.3 Å². The van der Waals surface area contributed by atoms with Crippen LogP contribution in [-0.2, 0) is 34.9 Å². The molecule has 5 N–H and O–H groups in total. The van der Waals surface area contributed by atoms with Crippen LogP contribution in [0.4, 0.5) is 0 Å². The molecule has 2 aromatic rings. The number of carbonyl (C=O) groups is 1. The summed E-state index contributed by atoms with van der Waals surface area (Å²) in [7, 11) is -1.54. The number of allylic oxidation sites excluding steroid dienone is 2. The van der Waals surface area contributed by atoms with Gasteiger partial charge in [0.1, 0.15) is 44.2 Å². The van der Waals surface area contributed by atoms with Crippen molar-refractivity contribution in [2.24, 2.45) is 11.8 Å². The molecule has 0 radical (unpaired) electrons. The van der Waals surface area contributed by atoms with E-state index in [4.69, 9.17) is 37.5 Å². The number of rotatable bonds is 9. The summed E-state index contributed by atoms with van der Waals surface area (Å²) in [4.78, 5) is 22.9. The molecule has 4 fully saturated rings. The lowest BCUT2D eigenvalue weighted by atomic mass is 9.79. The summed E-state index contributed by atoms with van der Waals surface area (Å²) in [5.74, 6) is 0.816. The van der Waals surface area contributed by atoms with Crippen LogP contribution >= 0.6 is 0 Å². The van der Waals surface area contributed by atoms with Gasteiger partial charge in [0.2, 0.25) is 5.89 Å². The standard InChI is InChI=1S/C54H74N2O13Si/c1-32(17-18-38(57)12-11-19-70(6,7)8)22-45(60)48-26-40(59)28-54(62,69-48)29-50-55-37(30-63-50)23-34(3)52-36(5)53-35(4)46(67-52)14-10-15-49-56-44(31-64-49)47-25-39(58)24-43(66-47)27-42-21-33(2)20-41(65-42)13-9-16-51(61)68-53/h9-10,15-18,22-23,30-31,35-36,38-43,45-48,52-53,57-60,62H,2,12-14,20-21,24-29H2,1,3-8H3/b15-10+,16-9-,18-17+,32-22+,34-23+/t35-,36-,38+,39+,40+,41-,42+,43-,45+,46+,47+,48+,52-,53-,54-/m0/s1. The van der Waals surface area contributed by atoms with Crippen LogP contribution in [0.25, 0.3) is 12.2 Å². The Morgan fingerprint density at radius 1 is 0.929 bits per heavy atom. The fourth-order valence-electron chi connectivity index (χ4n) is 10.3. The van der Waals surface area contributed by atoms with Gasteiger partial charge in [-0.25, -0.2) is 14.8 Å². The Hall–Kier alpha value is -4.25. The highest BCUT2D eigenvalue weighted by Gasteiger charge is 2.45. The Morgan fingerprint density at radius 3 is 2.49 bits per heavy atom. The maximum atomic E-state index is 13.5. The summed E-state index contributed by atoms with van der Waals surface area (Å²) in [6, 6.07) is 0. The first-order valence-electron chi connectivity index (χ1n) is 24.9. The Morgan fingerprint density at radius 2 is 1.70 bits per heavy atom. The van der Waals surface area contributed by atoms with Gasteiger partial charge in [-0.05, 0) is 63.7 Å². The number of esters is 1. The number of hydrogen-bond acceptors (Lipinski definition) is 15. The van der Waals surface area contributed by atoms with Crippen LogP contribution in [0.2, 0.25) is 19.6 Å². The molecule has 4 saturated heterocycles. The second kappa shape index (κ2) is 23.5. The van der Waals surface area contributed by atoms with Gasteiger partial charge in [0.25, 0.3) is 0 Å². The maximum absolute atomic E-state index is 13.5. The number of fused-ring (bicyclic) bond motifs is 9. The molecule has 5 aliphatic heterocycles. The highest BCUT2D eigenvalue weighted by Crippen LogP contribution is 2.39. The average Bonchev–Trinajstić information content (AvgIpc) is 3.93. The fraction of sp³-hybridized carbons (Fsp3) is 0.611. The van der Waals surface area contributed by atoms with Crippen LogP contribution in [-0.4, -0.2) is 122 Å². The number of aliphatic hydroxyl groups excluding tert-OH is 4. The van der Waals surface area contributed by atoms with Crippen molar-refractivity contribution in [3.63, 3.8) is 0 Å². The molecule has 0 aromatic carbocycles. The second-order valence-corrected chi connectivity index (χ2v) is 26.0. The van der Waals surface area contributed by atoms with Gasteiger partial charge in [-0.1, -0.05) is 81.6 Å². The Balaban J connectivity index is 1.04. The van der Waals surface area contributed by atoms with Crippen LogP contribution in [0.15, 0.2) is 81.1 Å². The van der Waals surface area contributed by atoms with Crippen molar-refractivity contribution in [1.82, 2.24) is 9.97 Å². The molecule has 0 aliphatic carbocycles. The number of aliphatic hydroxyl groups is 5. The first kappa shape index (κ1) is 53.5. The Labute approximate surface area is 413 Å². The molecule has 0 spiro atoms. The largest absolute Gasteiger partial charge is 0.458 e. The third kappa shape index (κ3) is 15.1. The Bertz CT molecular complexity index is 2330. The summed E-state index contributed by atoms with van der Waals surface area (Å²) in [5.41, 5.74) is 6.86. The van der Waals surface area contributed by atoms with Crippen molar-refractivity contribution in [3.8, 4) is 11.5 Å². The van der Waals surface area contributed by atoms with Crippen LogP contribution in [0.3, 0.4) is 0 Å². The topological polar surface area (TPSA) is 216 Å². The molecular weight excluding hydrogens is 913 g/mol. The van der Waals surface area contributed by atoms with Crippen molar-refractivity contribution in [3.05, 3.63) is 95.4 Å². The Kier molecular flexibility index (Phi) is 18.0. The third-order valence-corrected chi connectivity index (χ3v) is 14.5. The van der Waals surface area contributed by atoms with E-state index in [1.807, 2.05) is 32.9 Å². The molecular formula is C54H74N2O13Si. The molecule has 15 atom stereocenters. The van der Waals surface area contributed by atoms with Gasteiger partial charge in [-0.3, -0.25) is 0 Å². The van der Waals surface area contributed by atoms with Crippen molar-refractivity contribution in [2.45, 2.75) is 197 Å². The number of ether oxygens (including phenoxy) is 5. The van der Waals surface area contributed by atoms with Gasteiger partial charge in [-0.2, -0.15) is 0 Å². The SMILES string of the molecule is C=C1C[C@@H]2C[C@@H]3C[C@@H](O)C[C@@H](O3)c3coc(n3)/C=C/C[C@H]3O[C@@H](/C(C)=C/c4coc(C[C@]5(O)C[C@H](O)C[C@H]([C@H](O)/C=C(C)/C=C/[C@H](O)CC#C[Si](C)(C)C)O5)n4)[C@H](C)[C@@H](OC(=O)/C=C\C[C@@H](C1)O2)[C@H]3C. The minimum absolute atomic E-state index is 0.0984. The smallest absolute Gasteiger partial charge is 0.330 e. The van der Waals surface area contributed by atoms with Crippen LogP contribution in [0, 0.1) is 23.3 Å². The normalized spacial score (nSPS) is 35.7. The fourth-order valence-corrected chi connectivity index (χ4v) is 10.9. The van der Waals surface area contributed by atoms with Gasteiger partial charge < -0.3 is 58.1 Å². The van der Waals surface area contributed by atoms with Gasteiger partial charge in [0, 0.05) is 50.0 Å². The molecule has 0 saturated carbocycles. The summed E-state index contributed by atoms with van der Waals surface area (Å²) in [5, 5.41) is 54.7. The van der Waals surface area contributed by atoms with Crippen molar-refractivity contribution >= 4 is 26.2 Å². The number of oxazole rings is 2. The third-order valence-electron chi connectivity index (χ3n) is 13.6. The molecule has 7 rings (SSSR count). The van der Waals surface area contributed by atoms with Gasteiger partial charge in [-0.15, -0.1) is 11.5 Å². The van der Waals surface area contributed by atoms with Gasteiger partial charge in [0.15, 0.2) is 11.7 Å². The van der Waals surface area contributed by atoms with Crippen molar-refractivity contribution in [1.29, 1.82) is 0 Å². The van der Waals surface area contributed by atoms with Crippen LogP contribution < -0.4 is 0 Å². The lowest BCUT2D eigenvalue weighted by Gasteiger charge is -2.44. The van der Waals surface area contributed by atoms with Crippen molar-refractivity contribution < 1.29 is 62.8 Å². The summed E-state index contributed by atoms with van der Waals surface area (Å²) >= 11 is 0.